The third-order valence-corrected chi connectivity index (χ3v) is 7.12. The number of amides is 1. The lowest BCUT2D eigenvalue weighted by molar-refractivity contribution is 0.0213. The molecule has 10 heteroatoms. The summed E-state index contributed by atoms with van der Waals surface area (Å²) in [4.78, 5) is 14.4. The molecular formula is C27H46N2O7S. The lowest BCUT2D eigenvalue weighted by atomic mass is 9.81. The number of nitrogens with one attached hydrogen (secondary N) is 1. The fraction of sp³-hybridized carbons (Fsp3) is 0.741. The van der Waals surface area contributed by atoms with Crippen molar-refractivity contribution in [2.75, 3.05) is 40.2 Å². The molecule has 1 heterocycles. The van der Waals surface area contributed by atoms with Gasteiger partial charge in [0.1, 0.15) is 5.60 Å². The summed E-state index contributed by atoms with van der Waals surface area (Å²) in [6.45, 7) is 11.4. The van der Waals surface area contributed by atoms with E-state index in [0.29, 0.717) is 49.5 Å². The van der Waals surface area contributed by atoms with E-state index in [1.807, 2.05) is 12.1 Å². The van der Waals surface area contributed by atoms with Crippen LogP contribution >= 0.6 is 0 Å². The highest BCUT2D eigenvalue weighted by Crippen LogP contribution is 2.35. The standard InChI is InChI=1S/C27H46N2O7S/c1-19(2)22(14-20-10-11-23(34-7)24(16-20)35-13-9-12-33-6)15-21-17-25(28-37(8,31)32)29(18-21)26(30)36-27(3,4)5/h10-11,16,19,21-22,25,28H,9,12-15,17-18H2,1-8H3/t21-,22?,25?/m1/s1. The van der Waals surface area contributed by atoms with E-state index in [1.54, 1.807) is 35.0 Å². The highest BCUT2D eigenvalue weighted by Gasteiger charge is 2.39. The Labute approximate surface area is 223 Å². The van der Waals surface area contributed by atoms with Crippen LogP contribution in [-0.4, -0.2) is 71.4 Å². The van der Waals surface area contributed by atoms with Crippen molar-refractivity contribution in [3.8, 4) is 11.5 Å². The molecule has 0 radical (unpaired) electrons. The molecule has 0 saturated carbocycles. The third kappa shape index (κ3) is 10.7. The van der Waals surface area contributed by atoms with Crippen molar-refractivity contribution in [1.82, 2.24) is 9.62 Å². The van der Waals surface area contributed by atoms with Crippen molar-refractivity contribution < 1.29 is 32.2 Å². The molecule has 2 rings (SSSR count). The number of hydrogen-bond acceptors (Lipinski definition) is 7. The lowest BCUT2D eigenvalue weighted by Crippen LogP contribution is -2.48. The molecule has 0 bridgehead atoms. The Hall–Kier alpha value is -2.04. The minimum Gasteiger partial charge on any atom is -0.493 e. The van der Waals surface area contributed by atoms with E-state index in [-0.39, 0.29) is 5.92 Å². The van der Waals surface area contributed by atoms with Crippen LogP contribution in [-0.2, 0) is 25.9 Å². The predicted octanol–water partition coefficient (Wildman–Crippen LogP) is 4.45. The summed E-state index contributed by atoms with van der Waals surface area (Å²) in [6.07, 6.45) is 3.03. The molecule has 1 saturated heterocycles. The number of hydrogen-bond donors (Lipinski definition) is 1. The Morgan fingerprint density at radius 3 is 2.43 bits per heavy atom. The van der Waals surface area contributed by atoms with Crippen molar-refractivity contribution in [2.45, 2.75) is 72.1 Å². The van der Waals surface area contributed by atoms with Crippen molar-refractivity contribution in [3.63, 3.8) is 0 Å². The summed E-state index contributed by atoms with van der Waals surface area (Å²) >= 11 is 0. The molecule has 37 heavy (non-hydrogen) atoms. The first-order valence-electron chi connectivity index (χ1n) is 13.0. The number of benzene rings is 1. The number of nitrogens with zero attached hydrogens (tertiary/aromatic N) is 1. The van der Waals surface area contributed by atoms with Crippen LogP contribution in [0.15, 0.2) is 18.2 Å². The Balaban J connectivity index is 2.15. The topological polar surface area (TPSA) is 103 Å². The summed E-state index contributed by atoms with van der Waals surface area (Å²) < 4.78 is 48.7. The molecule has 0 spiro atoms. The predicted molar refractivity (Wildman–Crippen MR) is 144 cm³/mol. The molecule has 1 aliphatic rings. The van der Waals surface area contributed by atoms with Crippen molar-refractivity contribution in [2.24, 2.45) is 17.8 Å². The van der Waals surface area contributed by atoms with Gasteiger partial charge in [0.15, 0.2) is 11.5 Å². The first-order chi connectivity index (χ1) is 17.2. The van der Waals surface area contributed by atoms with Gasteiger partial charge in [0.25, 0.3) is 0 Å². The van der Waals surface area contributed by atoms with Crippen molar-refractivity contribution >= 4 is 16.1 Å². The van der Waals surface area contributed by atoms with Crippen LogP contribution in [0, 0.1) is 17.8 Å². The van der Waals surface area contributed by atoms with E-state index in [4.69, 9.17) is 18.9 Å². The van der Waals surface area contributed by atoms with E-state index < -0.39 is 27.9 Å². The molecule has 9 nitrogen and oxygen atoms in total. The number of likely N-dealkylation sites (tertiary alicyclic amines) is 1. The molecule has 1 N–H and O–H groups in total. The van der Waals surface area contributed by atoms with Gasteiger partial charge in [-0.15, -0.1) is 0 Å². The van der Waals surface area contributed by atoms with E-state index >= 15 is 0 Å². The molecule has 0 aromatic heterocycles. The Kier molecular flexibility index (Phi) is 11.5. The van der Waals surface area contributed by atoms with Crippen LogP contribution in [0.25, 0.3) is 0 Å². The van der Waals surface area contributed by atoms with Gasteiger partial charge in [0, 0.05) is 26.7 Å². The fourth-order valence-electron chi connectivity index (χ4n) is 4.64. The van der Waals surface area contributed by atoms with Crippen LogP contribution in [0.3, 0.4) is 0 Å². The fourth-order valence-corrected chi connectivity index (χ4v) is 5.36. The summed E-state index contributed by atoms with van der Waals surface area (Å²) in [5.74, 6) is 2.28. The van der Waals surface area contributed by atoms with Gasteiger partial charge in [-0.2, -0.15) is 4.72 Å². The molecule has 1 aromatic rings. The molecule has 3 atom stereocenters. The number of carbonyl (C=O) groups excluding carboxylic acids is 1. The van der Waals surface area contributed by atoms with Gasteiger partial charge in [0.05, 0.1) is 26.1 Å². The van der Waals surface area contributed by atoms with E-state index in [0.717, 1.165) is 31.1 Å². The van der Waals surface area contributed by atoms with Gasteiger partial charge in [-0.1, -0.05) is 19.9 Å². The Bertz CT molecular complexity index is 975. The van der Waals surface area contributed by atoms with Gasteiger partial charge in [0.2, 0.25) is 10.0 Å². The number of carbonyl (C=O) groups is 1. The number of rotatable bonds is 13. The van der Waals surface area contributed by atoms with Crippen LogP contribution in [0.2, 0.25) is 0 Å². The lowest BCUT2D eigenvalue weighted by Gasteiger charge is -2.28. The van der Waals surface area contributed by atoms with Crippen molar-refractivity contribution in [3.05, 3.63) is 23.8 Å². The highest BCUT2D eigenvalue weighted by molar-refractivity contribution is 7.88. The largest absolute Gasteiger partial charge is 0.493 e. The SMILES string of the molecule is COCCCOc1cc(CC(C[C@@H]2CC(NS(C)(=O)=O)N(C(=O)OC(C)(C)C)C2)C(C)C)ccc1OC. The van der Waals surface area contributed by atoms with Crippen LogP contribution in [0.1, 0.15) is 59.4 Å². The van der Waals surface area contributed by atoms with Gasteiger partial charge in [-0.25, -0.2) is 13.2 Å². The number of methoxy groups -OCH3 is 2. The highest BCUT2D eigenvalue weighted by atomic mass is 32.2. The maximum atomic E-state index is 12.9. The van der Waals surface area contributed by atoms with E-state index in [1.165, 1.54) is 4.90 Å². The molecule has 1 fully saturated rings. The monoisotopic (exact) mass is 542 g/mol. The smallest absolute Gasteiger partial charge is 0.411 e. The zero-order valence-electron chi connectivity index (χ0n) is 23.7. The van der Waals surface area contributed by atoms with Gasteiger partial charge in [-0.05, 0) is 75.5 Å². The number of sulfonamides is 1. The Morgan fingerprint density at radius 1 is 1.16 bits per heavy atom. The average Bonchev–Trinajstić information content (AvgIpc) is 3.16. The third-order valence-electron chi connectivity index (χ3n) is 6.42. The zero-order chi connectivity index (χ0) is 27.8. The average molecular weight is 543 g/mol. The molecule has 1 aliphatic heterocycles. The van der Waals surface area contributed by atoms with Gasteiger partial charge < -0.3 is 18.9 Å². The van der Waals surface area contributed by atoms with Crippen LogP contribution in [0.4, 0.5) is 4.79 Å². The molecule has 1 aromatic carbocycles. The number of ether oxygens (including phenoxy) is 4. The maximum Gasteiger partial charge on any atom is 0.411 e. The quantitative estimate of drug-likeness (QED) is 0.367. The first-order valence-corrected chi connectivity index (χ1v) is 14.9. The molecular weight excluding hydrogens is 496 g/mol. The second kappa shape index (κ2) is 13.7. The normalized spacial score (nSPS) is 19.2. The minimum absolute atomic E-state index is 0.141. The van der Waals surface area contributed by atoms with Crippen LogP contribution in [0.5, 0.6) is 11.5 Å². The van der Waals surface area contributed by atoms with E-state index in [9.17, 15) is 13.2 Å². The second-order valence-corrected chi connectivity index (χ2v) is 13.0. The summed E-state index contributed by atoms with van der Waals surface area (Å²) in [5.41, 5.74) is 0.484. The van der Waals surface area contributed by atoms with Gasteiger partial charge in [-0.3, -0.25) is 4.90 Å². The zero-order valence-corrected chi connectivity index (χ0v) is 24.5. The summed E-state index contributed by atoms with van der Waals surface area (Å²) in [5, 5.41) is 0. The molecule has 2 unspecified atom stereocenters. The summed E-state index contributed by atoms with van der Waals surface area (Å²) in [6, 6.07) is 6.03. The van der Waals surface area contributed by atoms with Crippen LogP contribution < -0.4 is 14.2 Å². The summed E-state index contributed by atoms with van der Waals surface area (Å²) in [7, 11) is -0.190. The molecule has 0 aliphatic carbocycles. The van der Waals surface area contributed by atoms with Crippen molar-refractivity contribution in [1.29, 1.82) is 0 Å². The first kappa shape index (κ1) is 31.2. The minimum atomic E-state index is -3.49. The Morgan fingerprint density at radius 2 is 1.86 bits per heavy atom. The maximum absolute atomic E-state index is 12.9. The molecule has 212 valence electrons. The second-order valence-electron chi connectivity index (χ2n) is 11.3. The van der Waals surface area contributed by atoms with E-state index in [2.05, 4.69) is 24.6 Å². The van der Waals surface area contributed by atoms with Gasteiger partial charge >= 0.3 is 6.09 Å². The molecule has 1 amide bonds.